The van der Waals surface area contributed by atoms with Crippen molar-refractivity contribution in [2.24, 2.45) is 5.10 Å². The quantitative estimate of drug-likeness (QED) is 0.571. The summed E-state index contributed by atoms with van der Waals surface area (Å²) in [5.74, 6) is -0.667. The number of amides is 1. The molecular formula is C22H23N3O3. The van der Waals surface area contributed by atoms with E-state index in [1.54, 1.807) is 25.1 Å². The average Bonchev–Trinajstić information content (AvgIpc) is 2.99. The summed E-state index contributed by atoms with van der Waals surface area (Å²) in [6.07, 6.45) is 1.72. The predicted molar refractivity (Wildman–Crippen MR) is 111 cm³/mol. The molecule has 0 spiro atoms. The first-order valence-electron chi connectivity index (χ1n) is 9.11. The summed E-state index contributed by atoms with van der Waals surface area (Å²) < 4.78 is 5.04. The fourth-order valence-electron chi connectivity index (χ4n) is 2.86. The SMILES string of the molecule is CCOC(=O)CC1=NN(c2ccccc2)C(=O)/C1=C\c1ccc(N(C)C)cc1. The van der Waals surface area contributed by atoms with E-state index in [1.807, 2.05) is 61.5 Å². The van der Waals surface area contributed by atoms with E-state index >= 15 is 0 Å². The van der Waals surface area contributed by atoms with Gasteiger partial charge in [0.15, 0.2) is 0 Å². The number of hydrogen-bond acceptors (Lipinski definition) is 5. The molecule has 2 aromatic rings. The second kappa shape index (κ2) is 8.52. The first kappa shape index (κ1) is 19.4. The molecule has 1 aliphatic heterocycles. The van der Waals surface area contributed by atoms with Crippen LogP contribution in [0, 0.1) is 0 Å². The fraction of sp³-hybridized carbons (Fsp3) is 0.227. The van der Waals surface area contributed by atoms with Crippen LogP contribution in [-0.2, 0) is 14.3 Å². The summed E-state index contributed by atoms with van der Waals surface area (Å²) in [6.45, 7) is 2.03. The predicted octanol–water partition coefficient (Wildman–Crippen LogP) is 3.49. The molecule has 1 heterocycles. The number of nitrogens with zero attached hydrogens (tertiary/aromatic N) is 3. The molecule has 28 heavy (non-hydrogen) atoms. The van der Waals surface area contributed by atoms with Crippen molar-refractivity contribution < 1.29 is 14.3 Å². The maximum atomic E-state index is 13.0. The van der Waals surface area contributed by atoms with E-state index in [0.29, 0.717) is 17.0 Å². The highest BCUT2D eigenvalue weighted by molar-refractivity contribution is 6.34. The van der Waals surface area contributed by atoms with Crippen molar-refractivity contribution in [1.82, 2.24) is 0 Å². The third-order valence-corrected chi connectivity index (χ3v) is 4.29. The van der Waals surface area contributed by atoms with Crippen LogP contribution in [0.3, 0.4) is 0 Å². The molecule has 0 saturated carbocycles. The minimum Gasteiger partial charge on any atom is -0.466 e. The lowest BCUT2D eigenvalue weighted by Gasteiger charge is -2.12. The van der Waals surface area contributed by atoms with Crippen molar-refractivity contribution in [2.75, 3.05) is 30.6 Å². The van der Waals surface area contributed by atoms with Gasteiger partial charge < -0.3 is 9.64 Å². The molecule has 0 aromatic heterocycles. The van der Waals surface area contributed by atoms with Crippen molar-refractivity contribution in [1.29, 1.82) is 0 Å². The maximum Gasteiger partial charge on any atom is 0.311 e. The Morgan fingerprint density at radius 1 is 1.11 bits per heavy atom. The van der Waals surface area contributed by atoms with E-state index in [-0.39, 0.29) is 18.9 Å². The zero-order valence-electron chi connectivity index (χ0n) is 16.3. The van der Waals surface area contributed by atoms with Crippen molar-refractivity contribution in [3.63, 3.8) is 0 Å². The van der Waals surface area contributed by atoms with Crippen LogP contribution in [0.25, 0.3) is 6.08 Å². The number of esters is 1. The number of hydrazone groups is 1. The number of anilines is 2. The molecule has 0 unspecified atom stereocenters. The van der Waals surface area contributed by atoms with Gasteiger partial charge in [-0.2, -0.15) is 10.1 Å². The largest absolute Gasteiger partial charge is 0.466 e. The number of carbonyl (C=O) groups excluding carboxylic acids is 2. The summed E-state index contributed by atoms with van der Waals surface area (Å²) in [4.78, 5) is 27.0. The molecular weight excluding hydrogens is 354 g/mol. The minimum absolute atomic E-state index is 0.0511. The van der Waals surface area contributed by atoms with E-state index in [1.165, 1.54) is 5.01 Å². The summed E-state index contributed by atoms with van der Waals surface area (Å²) in [6, 6.07) is 17.0. The molecule has 6 heteroatoms. The Kier molecular flexibility index (Phi) is 5.89. The minimum atomic E-state index is -0.405. The summed E-state index contributed by atoms with van der Waals surface area (Å²) >= 11 is 0. The smallest absolute Gasteiger partial charge is 0.311 e. The van der Waals surface area contributed by atoms with Crippen LogP contribution < -0.4 is 9.91 Å². The maximum absolute atomic E-state index is 13.0. The van der Waals surface area contributed by atoms with Crippen LogP contribution in [0.4, 0.5) is 11.4 Å². The lowest BCUT2D eigenvalue weighted by molar-refractivity contribution is -0.141. The number of ether oxygens (including phenoxy) is 1. The van der Waals surface area contributed by atoms with Gasteiger partial charge in [0.1, 0.15) is 0 Å². The molecule has 1 aliphatic rings. The third kappa shape index (κ3) is 4.28. The van der Waals surface area contributed by atoms with Crippen molar-refractivity contribution in [2.45, 2.75) is 13.3 Å². The Balaban J connectivity index is 1.95. The lowest BCUT2D eigenvalue weighted by atomic mass is 10.0. The molecule has 1 amide bonds. The van der Waals surface area contributed by atoms with E-state index in [9.17, 15) is 9.59 Å². The standard InChI is InChI=1S/C22H23N3O3/c1-4-28-21(26)15-20-19(14-16-10-12-17(13-11-16)24(2)3)22(27)25(23-20)18-8-6-5-7-9-18/h5-14H,4,15H2,1-3H3/b19-14-. The van der Waals surface area contributed by atoms with Crippen LogP contribution in [-0.4, -0.2) is 38.3 Å². The van der Waals surface area contributed by atoms with Gasteiger partial charge in [0.25, 0.3) is 5.91 Å². The normalized spacial score (nSPS) is 15.0. The Labute approximate surface area is 164 Å². The first-order valence-corrected chi connectivity index (χ1v) is 9.11. The highest BCUT2D eigenvalue weighted by Crippen LogP contribution is 2.26. The lowest BCUT2D eigenvalue weighted by Crippen LogP contribution is -2.21. The van der Waals surface area contributed by atoms with Gasteiger partial charge >= 0.3 is 5.97 Å². The van der Waals surface area contributed by atoms with Crippen molar-refractivity contribution >= 4 is 35.0 Å². The van der Waals surface area contributed by atoms with E-state index in [4.69, 9.17) is 4.74 Å². The molecule has 3 rings (SSSR count). The van der Waals surface area contributed by atoms with Crippen molar-refractivity contribution in [3.05, 3.63) is 65.7 Å². The Morgan fingerprint density at radius 2 is 1.79 bits per heavy atom. The molecule has 6 nitrogen and oxygen atoms in total. The Bertz CT molecular complexity index is 916. The van der Waals surface area contributed by atoms with Gasteiger partial charge in [-0.25, -0.2) is 0 Å². The van der Waals surface area contributed by atoms with Gasteiger partial charge in [-0.3, -0.25) is 9.59 Å². The van der Waals surface area contributed by atoms with Crippen LogP contribution >= 0.6 is 0 Å². The molecule has 0 fully saturated rings. The molecule has 0 atom stereocenters. The van der Waals surface area contributed by atoms with Gasteiger partial charge in [-0.15, -0.1) is 0 Å². The highest BCUT2D eigenvalue weighted by Gasteiger charge is 2.32. The zero-order valence-corrected chi connectivity index (χ0v) is 16.3. The second-order valence-corrected chi connectivity index (χ2v) is 6.52. The Hall–Kier alpha value is -3.41. The van der Waals surface area contributed by atoms with Crippen molar-refractivity contribution in [3.8, 4) is 0 Å². The molecule has 2 aromatic carbocycles. The van der Waals surface area contributed by atoms with E-state index in [2.05, 4.69) is 5.10 Å². The zero-order chi connectivity index (χ0) is 20.1. The monoisotopic (exact) mass is 377 g/mol. The highest BCUT2D eigenvalue weighted by atomic mass is 16.5. The van der Waals surface area contributed by atoms with Gasteiger partial charge in [-0.1, -0.05) is 30.3 Å². The Morgan fingerprint density at radius 3 is 2.39 bits per heavy atom. The topological polar surface area (TPSA) is 62.2 Å². The van der Waals surface area contributed by atoms with E-state index < -0.39 is 5.97 Å². The van der Waals surface area contributed by atoms with E-state index in [0.717, 1.165) is 11.3 Å². The van der Waals surface area contributed by atoms with Gasteiger partial charge in [-0.05, 0) is 42.8 Å². The first-order chi connectivity index (χ1) is 13.5. The summed E-state index contributed by atoms with van der Waals surface area (Å²) in [5.41, 5.74) is 3.38. The number of benzene rings is 2. The summed E-state index contributed by atoms with van der Waals surface area (Å²) in [5, 5.41) is 5.74. The van der Waals surface area contributed by atoms with Crippen LogP contribution in [0.1, 0.15) is 18.9 Å². The number of rotatable bonds is 6. The molecule has 0 aliphatic carbocycles. The molecule has 0 bridgehead atoms. The second-order valence-electron chi connectivity index (χ2n) is 6.52. The third-order valence-electron chi connectivity index (χ3n) is 4.29. The van der Waals surface area contributed by atoms with Gasteiger partial charge in [0.05, 0.1) is 30.0 Å². The van der Waals surface area contributed by atoms with Crippen LogP contribution in [0.2, 0.25) is 0 Å². The number of para-hydroxylation sites is 1. The molecule has 0 N–H and O–H groups in total. The van der Waals surface area contributed by atoms with Gasteiger partial charge in [0, 0.05) is 19.8 Å². The summed E-state index contributed by atoms with van der Waals surface area (Å²) in [7, 11) is 3.94. The van der Waals surface area contributed by atoms with Crippen LogP contribution in [0.5, 0.6) is 0 Å². The molecule has 0 saturated heterocycles. The van der Waals surface area contributed by atoms with Crippen LogP contribution in [0.15, 0.2) is 65.3 Å². The fourth-order valence-corrected chi connectivity index (χ4v) is 2.86. The average molecular weight is 377 g/mol. The number of hydrogen-bond donors (Lipinski definition) is 0. The molecule has 0 radical (unpaired) electrons. The van der Waals surface area contributed by atoms with Gasteiger partial charge in [0.2, 0.25) is 0 Å². The number of carbonyl (C=O) groups is 2. The molecule has 144 valence electrons.